The van der Waals surface area contributed by atoms with Gasteiger partial charge < -0.3 is 10.1 Å². The zero-order valence-electron chi connectivity index (χ0n) is 10.8. The van der Waals surface area contributed by atoms with E-state index in [9.17, 15) is 4.79 Å². The summed E-state index contributed by atoms with van der Waals surface area (Å²) in [5.74, 6) is 0.431. The first-order valence-corrected chi connectivity index (χ1v) is 7.44. The van der Waals surface area contributed by atoms with Gasteiger partial charge in [0.15, 0.2) is 0 Å². The molecule has 0 aliphatic heterocycles. The molecule has 0 unspecified atom stereocenters. The van der Waals surface area contributed by atoms with Crippen molar-refractivity contribution in [2.24, 2.45) is 0 Å². The zero-order valence-corrected chi connectivity index (χ0v) is 13.2. The van der Waals surface area contributed by atoms with Crippen molar-refractivity contribution in [3.8, 4) is 5.75 Å². The highest BCUT2D eigenvalue weighted by Crippen LogP contribution is 2.27. The third-order valence-corrected chi connectivity index (χ3v) is 3.77. The van der Waals surface area contributed by atoms with Gasteiger partial charge in [0.05, 0.1) is 17.8 Å². The maximum atomic E-state index is 12.1. The highest BCUT2D eigenvalue weighted by molar-refractivity contribution is 9.08. The molecule has 2 rings (SSSR count). The second kappa shape index (κ2) is 6.77. The first-order chi connectivity index (χ1) is 9.63. The molecule has 20 heavy (non-hydrogen) atoms. The Morgan fingerprint density at radius 3 is 2.55 bits per heavy atom. The monoisotopic (exact) mass is 353 g/mol. The number of carbonyl (C=O) groups excluding carboxylic acids is 1. The van der Waals surface area contributed by atoms with E-state index in [0.717, 1.165) is 10.9 Å². The SMILES string of the molecule is COc1ccc(Cl)c(NC(=O)c2ccc(CBr)cc2)c1. The highest BCUT2D eigenvalue weighted by Gasteiger charge is 2.09. The minimum Gasteiger partial charge on any atom is -0.497 e. The van der Waals surface area contributed by atoms with E-state index in [2.05, 4.69) is 21.2 Å². The fourth-order valence-electron chi connectivity index (χ4n) is 1.67. The van der Waals surface area contributed by atoms with Crippen LogP contribution in [0.15, 0.2) is 42.5 Å². The van der Waals surface area contributed by atoms with Gasteiger partial charge in [0.1, 0.15) is 5.75 Å². The molecule has 0 bridgehead atoms. The average molecular weight is 355 g/mol. The van der Waals surface area contributed by atoms with Crippen molar-refractivity contribution in [3.05, 3.63) is 58.6 Å². The molecule has 0 aliphatic carbocycles. The Kier molecular flexibility index (Phi) is 5.04. The Balaban J connectivity index is 2.18. The largest absolute Gasteiger partial charge is 0.497 e. The molecule has 104 valence electrons. The molecule has 3 nitrogen and oxygen atoms in total. The van der Waals surface area contributed by atoms with Gasteiger partial charge in [0.25, 0.3) is 5.91 Å². The van der Waals surface area contributed by atoms with Gasteiger partial charge in [0.2, 0.25) is 0 Å². The van der Waals surface area contributed by atoms with Crippen LogP contribution in [0.5, 0.6) is 5.75 Å². The fourth-order valence-corrected chi connectivity index (χ4v) is 2.21. The number of anilines is 1. The van der Waals surface area contributed by atoms with E-state index in [4.69, 9.17) is 16.3 Å². The number of benzene rings is 2. The van der Waals surface area contributed by atoms with E-state index in [1.807, 2.05) is 12.1 Å². The normalized spacial score (nSPS) is 10.2. The van der Waals surface area contributed by atoms with Crippen LogP contribution in [0, 0.1) is 0 Å². The lowest BCUT2D eigenvalue weighted by Crippen LogP contribution is -2.12. The second-order valence-electron chi connectivity index (χ2n) is 4.13. The zero-order chi connectivity index (χ0) is 14.5. The number of halogens is 2. The number of methoxy groups -OCH3 is 1. The number of ether oxygens (including phenoxy) is 1. The molecule has 2 aromatic carbocycles. The Hall–Kier alpha value is -1.52. The summed E-state index contributed by atoms with van der Waals surface area (Å²) in [6.45, 7) is 0. The molecule has 0 atom stereocenters. The molecule has 0 spiro atoms. The molecule has 0 radical (unpaired) electrons. The van der Waals surface area contributed by atoms with Crippen LogP contribution in [0.1, 0.15) is 15.9 Å². The van der Waals surface area contributed by atoms with E-state index in [1.54, 1.807) is 37.4 Å². The fraction of sp³-hybridized carbons (Fsp3) is 0.133. The summed E-state index contributed by atoms with van der Waals surface area (Å²) in [4.78, 5) is 12.1. The van der Waals surface area contributed by atoms with Crippen LogP contribution in [0.2, 0.25) is 5.02 Å². The van der Waals surface area contributed by atoms with Gasteiger partial charge in [0, 0.05) is 17.0 Å². The smallest absolute Gasteiger partial charge is 0.255 e. The first-order valence-electron chi connectivity index (χ1n) is 5.94. The van der Waals surface area contributed by atoms with Gasteiger partial charge in [-0.05, 0) is 29.8 Å². The van der Waals surface area contributed by atoms with Gasteiger partial charge in [-0.2, -0.15) is 0 Å². The minimum absolute atomic E-state index is 0.207. The van der Waals surface area contributed by atoms with Gasteiger partial charge in [-0.3, -0.25) is 4.79 Å². The lowest BCUT2D eigenvalue weighted by atomic mass is 10.1. The molecular formula is C15H13BrClNO2. The molecule has 0 heterocycles. The van der Waals surface area contributed by atoms with Crippen molar-refractivity contribution in [1.29, 1.82) is 0 Å². The van der Waals surface area contributed by atoms with Crippen LogP contribution >= 0.6 is 27.5 Å². The first kappa shape index (κ1) is 14.9. The maximum Gasteiger partial charge on any atom is 0.255 e. The Labute approximate surface area is 131 Å². The highest BCUT2D eigenvalue weighted by atomic mass is 79.9. The summed E-state index contributed by atoms with van der Waals surface area (Å²) in [6.07, 6.45) is 0. The minimum atomic E-state index is -0.207. The van der Waals surface area contributed by atoms with Crippen LogP contribution in [0.3, 0.4) is 0 Å². The summed E-state index contributed by atoms with van der Waals surface area (Å²) in [6, 6.07) is 12.5. The van der Waals surface area contributed by atoms with Crippen LogP contribution in [-0.2, 0) is 5.33 Å². The van der Waals surface area contributed by atoms with Crippen LogP contribution < -0.4 is 10.1 Å². The number of hydrogen-bond acceptors (Lipinski definition) is 2. The predicted molar refractivity (Wildman–Crippen MR) is 85.0 cm³/mol. The van der Waals surface area contributed by atoms with Gasteiger partial charge in [-0.25, -0.2) is 0 Å². The number of nitrogens with one attached hydrogen (secondary N) is 1. The second-order valence-corrected chi connectivity index (χ2v) is 5.10. The molecular weight excluding hydrogens is 342 g/mol. The molecule has 0 aliphatic rings. The van der Waals surface area contributed by atoms with Gasteiger partial charge in [-0.1, -0.05) is 39.7 Å². The van der Waals surface area contributed by atoms with Crippen molar-refractivity contribution in [1.82, 2.24) is 0 Å². The number of carbonyl (C=O) groups is 1. The van der Waals surface area contributed by atoms with Crippen LogP contribution in [0.25, 0.3) is 0 Å². The summed E-state index contributed by atoms with van der Waals surface area (Å²) in [5.41, 5.74) is 2.22. The third kappa shape index (κ3) is 3.52. The quantitative estimate of drug-likeness (QED) is 0.821. The van der Waals surface area contributed by atoms with Crippen molar-refractivity contribution in [3.63, 3.8) is 0 Å². The van der Waals surface area contributed by atoms with Crippen molar-refractivity contribution in [2.75, 3.05) is 12.4 Å². The van der Waals surface area contributed by atoms with E-state index in [1.165, 1.54) is 0 Å². The molecule has 1 N–H and O–H groups in total. The van der Waals surface area contributed by atoms with Crippen molar-refractivity contribution >= 4 is 39.1 Å². The Morgan fingerprint density at radius 1 is 1.25 bits per heavy atom. The molecule has 2 aromatic rings. The van der Waals surface area contributed by atoms with E-state index in [-0.39, 0.29) is 5.91 Å². The Bertz CT molecular complexity index is 614. The standard InChI is InChI=1S/C15H13BrClNO2/c1-20-12-6-7-13(17)14(8-12)18-15(19)11-4-2-10(9-16)3-5-11/h2-8H,9H2,1H3,(H,18,19). The van der Waals surface area contributed by atoms with Crippen molar-refractivity contribution in [2.45, 2.75) is 5.33 Å². The van der Waals surface area contributed by atoms with Crippen LogP contribution in [0.4, 0.5) is 5.69 Å². The molecule has 5 heteroatoms. The number of rotatable bonds is 4. The van der Waals surface area contributed by atoms with Gasteiger partial charge in [-0.15, -0.1) is 0 Å². The summed E-state index contributed by atoms with van der Waals surface area (Å²) >= 11 is 9.42. The number of hydrogen-bond donors (Lipinski definition) is 1. The Morgan fingerprint density at radius 2 is 1.95 bits per heavy atom. The third-order valence-electron chi connectivity index (χ3n) is 2.79. The average Bonchev–Trinajstić information content (AvgIpc) is 2.49. The molecule has 0 aromatic heterocycles. The summed E-state index contributed by atoms with van der Waals surface area (Å²) in [7, 11) is 1.56. The molecule has 0 saturated carbocycles. The predicted octanol–water partition coefficient (Wildman–Crippen LogP) is 4.50. The summed E-state index contributed by atoms with van der Waals surface area (Å²) in [5, 5.41) is 4.01. The van der Waals surface area contributed by atoms with E-state index in [0.29, 0.717) is 22.0 Å². The molecule has 0 saturated heterocycles. The van der Waals surface area contributed by atoms with E-state index >= 15 is 0 Å². The lowest BCUT2D eigenvalue weighted by Gasteiger charge is -2.09. The molecule has 0 fully saturated rings. The lowest BCUT2D eigenvalue weighted by molar-refractivity contribution is 0.102. The van der Waals surface area contributed by atoms with Gasteiger partial charge >= 0.3 is 0 Å². The maximum absolute atomic E-state index is 12.1. The van der Waals surface area contributed by atoms with E-state index < -0.39 is 0 Å². The van der Waals surface area contributed by atoms with Crippen molar-refractivity contribution < 1.29 is 9.53 Å². The number of alkyl halides is 1. The van der Waals surface area contributed by atoms with Crippen LogP contribution in [-0.4, -0.2) is 13.0 Å². The number of amides is 1. The summed E-state index contributed by atoms with van der Waals surface area (Å²) < 4.78 is 5.11. The topological polar surface area (TPSA) is 38.3 Å². The molecule has 1 amide bonds.